The smallest absolute Gasteiger partial charge is 0.151 e. The molecule has 2 unspecified atom stereocenters. The van der Waals surface area contributed by atoms with Crippen LogP contribution in [-0.4, -0.2) is 26.0 Å². The van der Waals surface area contributed by atoms with Gasteiger partial charge in [0.1, 0.15) is 0 Å². The van der Waals surface area contributed by atoms with E-state index in [1.54, 1.807) is 18.3 Å². The van der Waals surface area contributed by atoms with Crippen molar-refractivity contribution in [3.8, 4) is 0 Å². The standard InChI is InChI=1S/C16H21NO2S2/c1-3-21(18,19)12-13(2)17-16(15-10-7-11-20-15)14-8-5-4-6-9-14/h4-11,13,16-17H,3,12H2,1-2H3. The molecule has 0 spiro atoms. The van der Waals surface area contributed by atoms with Crippen LogP contribution in [0.3, 0.4) is 0 Å². The van der Waals surface area contributed by atoms with Crippen LogP contribution in [0, 0.1) is 0 Å². The van der Waals surface area contributed by atoms with E-state index in [1.807, 2.05) is 36.6 Å². The predicted molar refractivity (Wildman–Crippen MR) is 89.5 cm³/mol. The zero-order valence-corrected chi connectivity index (χ0v) is 14.0. The van der Waals surface area contributed by atoms with Crippen LogP contribution in [0.5, 0.6) is 0 Å². The Bertz CT molecular complexity index is 636. The van der Waals surface area contributed by atoms with Crippen molar-refractivity contribution >= 4 is 21.2 Å². The van der Waals surface area contributed by atoms with Crippen molar-refractivity contribution in [3.63, 3.8) is 0 Å². The molecule has 5 heteroatoms. The lowest BCUT2D eigenvalue weighted by Crippen LogP contribution is -2.36. The first-order valence-corrected chi connectivity index (χ1v) is 9.76. The third-order valence-electron chi connectivity index (χ3n) is 3.36. The van der Waals surface area contributed by atoms with Crippen LogP contribution in [0.15, 0.2) is 47.8 Å². The highest BCUT2D eigenvalue weighted by Crippen LogP contribution is 2.26. The summed E-state index contributed by atoms with van der Waals surface area (Å²) < 4.78 is 23.6. The minimum Gasteiger partial charge on any atom is -0.302 e. The van der Waals surface area contributed by atoms with Crippen LogP contribution >= 0.6 is 11.3 Å². The van der Waals surface area contributed by atoms with E-state index in [2.05, 4.69) is 23.5 Å². The van der Waals surface area contributed by atoms with Crippen molar-refractivity contribution in [2.75, 3.05) is 11.5 Å². The van der Waals surface area contributed by atoms with Gasteiger partial charge >= 0.3 is 0 Å². The molecule has 0 bridgehead atoms. The van der Waals surface area contributed by atoms with Crippen LogP contribution in [-0.2, 0) is 9.84 Å². The molecule has 0 aliphatic rings. The SMILES string of the molecule is CCS(=O)(=O)CC(C)NC(c1ccccc1)c1cccs1. The molecule has 0 saturated carbocycles. The van der Waals surface area contributed by atoms with Gasteiger partial charge in [-0.3, -0.25) is 0 Å². The monoisotopic (exact) mass is 323 g/mol. The fraction of sp³-hybridized carbons (Fsp3) is 0.375. The van der Waals surface area contributed by atoms with Gasteiger partial charge in [0.05, 0.1) is 11.8 Å². The van der Waals surface area contributed by atoms with Gasteiger partial charge in [0.25, 0.3) is 0 Å². The number of hydrogen-bond donors (Lipinski definition) is 1. The Balaban J connectivity index is 2.18. The molecule has 114 valence electrons. The summed E-state index contributed by atoms with van der Waals surface area (Å²) in [6.07, 6.45) is 0. The van der Waals surface area contributed by atoms with Crippen LogP contribution < -0.4 is 5.32 Å². The van der Waals surface area contributed by atoms with Gasteiger partial charge in [-0.05, 0) is 23.9 Å². The lowest BCUT2D eigenvalue weighted by Gasteiger charge is -2.23. The third kappa shape index (κ3) is 4.66. The van der Waals surface area contributed by atoms with Crippen molar-refractivity contribution in [1.82, 2.24) is 5.32 Å². The lowest BCUT2D eigenvalue weighted by molar-refractivity contribution is 0.522. The molecule has 2 atom stereocenters. The molecule has 3 nitrogen and oxygen atoms in total. The Morgan fingerprint density at radius 1 is 1.14 bits per heavy atom. The second kappa shape index (κ2) is 7.20. The Morgan fingerprint density at radius 3 is 2.43 bits per heavy atom. The molecule has 1 aromatic heterocycles. The first-order valence-electron chi connectivity index (χ1n) is 7.06. The molecule has 2 rings (SSSR count). The second-order valence-corrected chi connectivity index (χ2v) is 8.50. The normalized spacial score (nSPS) is 14.8. The summed E-state index contributed by atoms with van der Waals surface area (Å²) in [6.45, 7) is 3.62. The van der Waals surface area contributed by atoms with Crippen LogP contribution in [0.4, 0.5) is 0 Å². The van der Waals surface area contributed by atoms with Gasteiger partial charge in [0.2, 0.25) is 0 Å². The topological polar surface area (TPSA) is 46.2 Å². The van der Waals surface area contributed by atoms with Crippen LogP contribution in [0.2, 0.25) is 0 Å². The van der Waals surface area contributed by atoms with Crippen LogP contribution in [0.25, 0.3) is 0 Å². The van der Waals surface area contributed by atoms with Gasteiger partial charge in [-0.25, -0.2) is 8.42 Å². The fourth-order valence-corrected chi connectivity index (χ4v) is 4.18. The quantitative estimate of drug-likeness (QED) is 0.851. The van der Waals surface area contributed by atoms with Crippen molar-refractivity contribution < 1.29 is 8.42 Å². The zero-order valence-electron chi connectivity index (χ0n) is 12.3. The number of rotatable bonds is 7. The second-order valence-electron chi connectivity index (χ2n) is 5.13. The molecule has 0 fully saturated rings. The molecule has 1 aromatic carbocycles. The molecule has 1 heterocycles. The number of sulfone groups is 1. The van der Waals surface area contributed by atoms with Crippen molar-refractivity contribution in [2.24, 2.45) is 0 Å². The van der Waals surface area contributed by atoms with E-state index in [0.717, 1.165) is 5.56 Å². The van der Waals surface area contributed by atoms with E-state index >= 15 is 0 Å². The highest BCUT2D eigenvalue weighted by atomic mass is 32.2. The molecule has 0 aliphatic heterocycles. The molecular formula is C16H21NO2S2. The summed E-state index contributed by atoms with van der Waals surface area (Å²) in [7, 11) is -2.97. The highest BCUT2D eigenvalue weighted by molar-refractivity contribution is 7.91. The van der Waals surface area contributed by atoms with E-state index < -0.39 is 9.84 Å². The predicted octanol–water partition coefficient (Wildman–Crippen LogP) is 3.25. The first-order chi connectivity index (χ1) is 10.0. The summed E-state index contributed by atoms with van der Waals surface area (Å²) in [5.41, 5.74) is 1.15. The maximum Gasteiger partial charge on any atom is 0.151 e. The largest absolute Gasteiger partial charge is 0.302 e. The van der Waals surface area contributed by atoms with Crippen LogP contribution in [0.1, 0.15) is 30.3 Å². The van der Waals surface area contributed by atoms with Crippen molar-refractivity contribution in [3.05, 3.63) is 58.3 Å². The minimum absolute atomic E-state index is 0.0354. The zero-order chi connectivity index (χ0) is 15.3. The van der Waals surface area contributed by atoms with E-state index in [4.69, 9.17) is 0 Å². The van der Waals surface area contributed by atoms with Gasteiger partial charge in [-0.15, -0.1) is 11.3 Å². The molecule has 0 amide bonds. The maximum absolute atomic E-state index is 11.8. The Morgan fingerprint density at radius 2 is 1.86 bits per heavy atom. The molecule has 0 radical (unpaired) electrons. The molecular weight excluding hydrogens is 302 g/mol. The molecule has 0 aliphatic carbocycles. The van der Waals surface area contributed by atoms with E-state index in [1.165, 1.54) is 4.88 Å². The van der Waals surface area contributed by atoms with Gasteiger partial charge in [0, 0.05) is 16.7 Å². The lowest BCUT2D eigenvalue weighted by atomic mass is 10.0. The number of nitrogens with one attached hydrogen (secondary N) is 1. The van der Waals surface area contributed by atoms with Gasteiger partial charge in [-0.1, -0.05) is 43.3 Å². The number of thiophene rings is 1. The molecule has 2 aromatic rings. The van der Waals surface area contributed by atoms with E-state index in [-0.39, 0.29) is 23.6 Å². The van der Waals surface area contributed by atoms with Crippen molar-refractivity contribution in [1.29, 1.82) is 0 Å². The highest BCUT2D eigenvalue weighted by Gasteiger charge is 2.20. The van der Waals surface area contributed by atoms with Gasteiger partial charge in [-0.2, -0.15) is 0 Å². The van der Waals surface area contributed by atoms with E-state index in [0.29, 0.717) is 0 Å². The number of benzene rings is 1. The Labute approximate surface area is 130 Å². The minimum atomic E-state index is -2.97. The fourth-order valence-electron chi connectivity index (χ4n) is 2.28. The molecule has 1 N–H and O–H groups in total. The summed E-state index contributed by atoms with van der Waals surface area (Å²) in [5.74, 6) is 0.353. The Hall–Kier alpha value is -1.17. The summed E-state index contributed by atoms with van der Waals surface area (Å²) >= 11 is 1.68. The average molecular weight is 323 g/mol. The summed E-state index contributed by atoms with van der Waals surface area (Å²) in [4.78, 5) is 1.20. The number of hydrogen-bond acceptors (Lipinski definition) is 4. The summed E-state index contributed by atoms with van der Waals surface area (Å²) in [5, 5.41) is 5.50. The van der Waals surface area contributed by atoms with E-state index in [9.17, 15) is 8.42 Å². The van der Waals surface area contributed by atoms with Crippen molar-refractivity contribution in [2.45, 2.75) is 25.9 Å². The first kappa shape index (κ1) is 16.2. The Kier molecular flexibility index (Phi) is 5.56. The third-order valence-corrected chi connectivity index (χ3v) is 6.18. The molecule has 21 heavy (non-hydrogen) atoms. The average Bonchev–Trinajstić information content (AvgIpc) is 2.99. The molecule has 0 saturated heterocycles. The maximum atomic E-state index is 11.8. The van der Waals surface area contributed by atoms with Gasteiger partial charge in [0.15, 0.2) is 9.84 Å². The van der Waals surface area contributed by atoms with Gasteiger partial charge < -0.3 is 5.32 Å². The summed E-state index contributed by atoms with van der Waals surface area (Å²) in [6, 6.07) is 14.2.